The summed E-state index contributed by atoms with van der Waals surface area (Å²) in [6, 6.07) is 18.3. The summed E-state index contributed by atoms with van der Waals surface area (Å²) in [5.74, 6) is 0.145. The van der Waals surface area contributed by atoms with Crippen LogP contribution >= 0.6 is 11.6 Å². The Kier molecular flexibility index (Phi) is 6.67. The zero-order valence-corrected chi connectivity index (χ0v) is 15.8. The van der Waals surface area contributed by atoms with Gasteiger partial charge in [-0.3, -0.25) is 9.69 Å². The third kappa shape index (κ3) is 4.85. The van der Waals surface area contributed by atoms with E-state index in [2.05, 4.69) is 34.5 Å². The van der Waals surface area contributed by atoms with E-state index in [9.17, 15) is 4.79 Å². The molecule has 1 aliphatic rings. The Bertz CT molecular complexity index is 706. The maximum absolute atomic E-state index is 12.6. The minimum Gasteiger partial charge on any atom is -0.364 e. The number of likely N-dealkylation sites (tertiary alicyclic amines) is 1. The Hall–Kier alpha value is -1.88. The van der Waals surface area contributed by atoms with Crippen molar-refractivity contribution < 1.29 is 9.53 Å². The molecule has 0 aliphatic carbocycles. The highest BCUT2D eigenvalue weighted by Gasteiger charge is 2.35. The fraction of sp³-hybridized carbons (Fsp3) is 0.381. The maximum Gasteiger partial charge on any atom is 0.225 e. The number of carbonyl (C=O) groups excluding carboxylic acids is 1. The highest BCUT2D eigenvalue weighted by molar-refractivity contribution is 6.30. The first-order chi connectivity index (χ1) is 12.7. The average molecular weight is 373 g/mol. The minimum absolute atomic E-state index is 0.0571. The van der Waals surface area contributed by atoms with E-state index in [1.54, 1.807) is 7.11 Å². The molecule has 5 heteroatoms. The summed E-state index contributed by atoms with van der Waals surface area (Å²) >= 11 is 6.05. The van der Waals surface area contributed by atoms with Crippen molar-refractivity contribution in [3.63, 3.8) is 0 Å². The summed E-state index contributed by atoms with van der Waals surface area (Å²) in [6.45, 7) is 2.90. The van der Waals surface area contributed by atoms with Crippen LogP contribution in [0, 0.1) is 5.92 Å². The zero-order valence-electron chi connectivity index (χ0n) is 15.0. The molecule has 1 N–H and O–H groups in total. The second-order valence-corrected chi connectivity index (χ2v) is 7.18. The summed E-state index contributed by atoms with van der Waals surface area (Å²) in [6.07, 6.45) is 0.829. The second kappa shape index (κ2) is 9.17. The maximum atomic E-state index is 12.6. The van der Waals surface area contributed by atoms with Crippen molar-refractivity contribution in [1.82, 2.24) is 10.2 Å². The number of hydrogen-bond donors (Lipinski definition) is 1. The molecule has 26 heavy (non-hydrogen) atoms. The summed E-state index contributed by atoms with van der Waals surface area (Å²) in [4.78, 5) is 15.1. The van der Waals surface area contributed by atoms with Gasteiger partial charge in [-0.2, -0.15) is 0 Å². The number of nitrogens with zero attached hydrogens (tertiary/aromatic N) is 1. The molecule has 1 saturated heterocycles. The molecular formula is C21H25ClN2O2. The van der Waals surface area contributed by atoms with Gasteiger partial charge < -0.3 is 10.1 Å². The lowest BCUT2D eigenvalue weighted by atomic mass is 9.80. The number of halogens is 1. The minimum atomic E-state index is -0.0571. The number of methoxy groups -OCH3 is 1. The lowest BCUT2D eigenvalue weighted by Crippen LogP contribution is -2.45. The SMILES string of the molecule is COCNC(=O)[C@H]1CCN(Cc2ccccc2)C[C@H]1c1ccc(Cl)cc1. The summed E-state index contributed by atoms with van der Waals surface area (Å²) < 4.78 is 5.00. The van der Waals surface area contributed by atoms with Crippen molar-refractivity contribution in [2.24, 2.45) is 5.92 Å². The van der Waals surface area contributed by atoms with Gasteiger partial charge in [0.1, 0.15) is 6.73 Å². The van der Waals surface area contributed by atoms with Crippen LogP contribution in [0.4, 0.5) is 0 Å². The van der Waals surface area contributed by atoms with Crippen molar-refractivity contribution in [2.75, 3.05) is 26.9 Å². The molecule has 1 heterocycles. The Labute approximate surface area is 160 Å². The lowest BCUT2D eigenvalue weighted by molar-refractivity contribution is -0.128. The first-order valence-corrected chi connectivity index (χ1v) is 9.33. The number of benzene rings is 2. The molecule has 0 aromatic heterocycles. The Morgan fingerprint density at radius 1 is 1.19 bits per heavy atom. The second-order valence-electron chi connectivity index (χ2n) is 6.75. The molecule has 2 aromatic carbocycles. The number of hydrogen-bond acceptors (Lipinski definition) is 3. The Morgan fingerprint density at radius 3 is 2.62 bits per heavy atom. The van der Waals surface area contributed by atoms with Crippen LogP contribution in [0.2, 0.25) is 5.02 Å². The highest BCUT2D eigenvalue weighted by atomic mass is 35.5. The fourth-order valence-corrected chi connectivity index (χ4v) is 3.77. The first-order valence-electron chi connectivity index (χ1n) is 8.96. The molecule has 2 aromatic rings. The Balaban J connectivity index is 1.76. The van der Waals surface area contributed by atoms with E-state index in [-0.39, 0.29) is 24.5 Å². The molecule has 2 atom stereocenters. The number of rotatable bonds is 6. The van der Waals surface area contributed by atoms with E-state index < -0.39 is 0 Å². The van der Waals surface area contributed by atoms with Crippen molar-refractivity contribution >= 4 is 17.5 Å². The predicted octanol–water partition coefficient (Wildman–Crippen LogP) is 3.67. The molecule has 1 aliphatic heterocycles. The lowest BCUT2D eigenvalue weighted by Gasteiger charge is -2.38. The number of carbonyl (C=O) groups is 1. The van der Waals surface area contributed by atoms with Gasteiger partial charge >= 0.3 is 0 Å². The van der Waals surface area contributed by atoms with E-state index in [1.165, 1.54) is 5.56 Å². The zero-order chi connectivity index (χ0) is 18.4. The average Bonchev–Trinajstić information content (AvgIpc) is 2.67. The molecule has 3 rings (SSSR count). The molecule has 0 spiro atoms. The van der Waals surface area contributed by atoms with Gasteiger partial charge in [-0.05, 0) is 36.2 Å². The van der Waals surface area contributed by atoms with Gasteiger partial charge in [-0.15, -0.1) is 0 Å². The van der Waals surface area contributed by atoms with Gasteiger partial charge in [0, 0.05) is 37.1 Å². The molecule has 1 amide bonds. The normalized spacial score (nSPS) is 20.7. The monoisotopic (exact) mass is 372 g/mol. The van der Waals surface area contributed by atoms with E-state index in [4.69, 9.17) is 16.3 Å². The fourth-order valence-electron chi connectivity index (χ4n) is 3.64. The summed E-state index contributed by atoms with van der Waals surface area (Å²) in [5, 5.41) is 3.59. The van der Waals surface area contributed by atoms with Gasteiger partial charge in [0.05, 0.1) is 0 Å². The predicted molar refractivity (Wildman–Crippen MR) is 104 cm³/mol. The summed E-state index contributed by atoms with van der Waals surface area (Å²) in [7, 11) is 1.58. The largest absolute Gasteiger partial charge is 0.364 e. The highest BCUT2D eigenvalue weighted by Crippen LogP contribution is 2.34. The van der Waals surface area contributed by atoms with Gasteiger partial charge in [0.25, 0.3) is 0 Å². The first kappa shape index (κ1) is 18.9. The topological polar surface area (TPSA) is 41.6 Å². The third-order valence-corrected chi connectivity index (χ3v) is 5.22. The quantitative estimate of drug-likeness (QED) is 0.787. The number of ether oxygens (including phenoxy) is 1. The third-order valence-electron chi connectivity index (χ3n) is 4.97. The standard InChI is InChI=1S/C21H25ClN2O2/c1-26-15-23-21(25)19-11-12-24(13-16-5-3-2-4-6-16)14-20(19)17-7-9-18(22)10-8-17/h2-10,19-20H,11-15H2,1H3,(H,23,25)/t19-,20-/m0/s1. The molecule has 0 radical (unpaired) electrons. The van der Waals surface area contributed by atoms with Crippen LogP contribution in [0.25, 0.3) is 0 Å². The van der Waals surface area contributed by atoms with Gasteiger partial charge in [0.15, 0.2) is 0 Å². The molecular weight excluding hydrogens is 348 g/mol. The van der Waals surface area contributed by atoms with Crippen LogP contribution in [0.5, 0.6) is 0 Å². The Morgan fingerprint density at radius 2 is 1.92 bits per heavy atom. The van der Waals surface area contributed by atoms with Crippen molar-refractivity contribution in [1.29, 1.82) is 0 Å². The van der Waals surface area contributed by atoms with Crippen LogP contribution in [0.3, 0.4) is 0 Å². The van der Waals surface area contributed by atoms with E-state index in [0.29, 0.717) is 5.02 Å². The van der Waals surface area contributed by atoms with E-state index >= 15 is 0 Å². The van der Waals surface area contributed by atoms with Gasteiger partial charge in [-0.1, -0.05) is 54.1 Å². The van der Waals surface area contributed by atoms with E-state index in [0.717, 1.165) is 31.6 Å². The van der Waals surface area contributed by atoms with Crippen LogP contribution in [0.15, 0.2) is 54.6 Å². The van der Waals surface area contributed by atoms with E-state index in [1.807, 2.05) is 30.3 Å². The van der Waals surface area contributed by atoms with Crippen LogP contribution in [-0.2, 0) is 16.1 Å². The van der Waals surface area contributed by atoms with Gasteiger partial charge in [-0.25, -0.2) is 0 Å². The van der Waals surface area contributed by atoms with Crippen LogP contribution in [-0.4, -0.2) is 37.7 Å². The molecule has 0 bridgehead atoms. The summed E-state index contributed by atoms with van der Waals surface area (Å²) in [5.41, 5.74) is 2.45. The number of nitrogens with one attached hydrogen (secondary N) is 1. The van der Waals surface area contributed by atoms with Crippen molar-refractivity contribution in [3.8, 4) is 0 Å². The van der Waals surface area contributed by atoms with Crippen LogP contribution in [0.1, 0.15) is 23.5 Å². The smallest absolute Gasteiger partial charge is 0.225 e. The van der Waals surface area contributed by atoms with Crippen molar-refractivity contribution in [2.45, 2.75) is 18.9 Å². The van der Waals surface area contributed by atoms with Crippen LogP contribution < -0.4 is 5.32 Å². The molecule has 1 fully saturated rings. The molecule has 4 nitrogen and oxygen atoms in total. The molecule has 0 saturated carbocycles. The number of amides is 1. The van der Waals surface area contributed by atoms with Gasteiger partial charge in [0.2, 0.25) is 5.91 Å². The number of piperidine rings is 1. The van der Waals surface area contributed by atoms with Crippen molar-refractivity contribution in [3.05, 3.63) is 70.7 Å². The molecule has 138 valence electrons. The molecule has 0 unspecified atom stereocenters.